The smallest absolute Gasteiger partial charge is 0.0399 e. The van der Waals surface area contributed by atoms with Crippen LogP contribution >= 0.6 is 0 Å². The molecule has 1 heterocycles. The maximum absolute atomic E-state index is 2.58. The molecule has 1 aromatic carbocycles. The van der Waals surface area contributed by atoms with E-state index >= 15 is 0 Å². The molecule has 0 saturated heterocycles. The van der Waals surface area contributed by atoms with Crippen molar-refractivity contribution in [3.63, 3.8) is 0 Å². The summed E-state index contributed by atoms with van der Waals surface area (Å²) >= 11 is 0. The maximum atomic E-state index is 2.58. The summed E-state index contributed by atoms with van der Waals surface area (Å²) in [4.78, 5) is 2.58. The Balaban J connectivity index is 1.46. The largest absolute Gasteiger partial charge is 0.371 e. The van der Waals surface area contributed by atoms with Crippen molar-refractivity contribution in [2.45, 2.75) is 77.6 Å². The third-order valence-corrected chi connectivity index (χ3v) is 4.76. The number of para-hydroxylation sites is 1. The Kier molecular flexibility index (Phi) is 7.70. The van der Waals surface area contributed by atoms with Crippen molar-refractivity contribution < 1.29 is 0 Å². The lowest BCUT2D eigenvalue weighted by molar-refractivity contribution is 0.555. The van der Waals surface area contributed by atoms with Gasteiger partial charge >= 0.3 is 0 Å². The second-order valence-corrected chi connectivity index (χ2v) is 6.55. The minimum absolute atomic E-state index is 1.23. The van der Waals surface area contributed by atoms with Gasteiger partial charge in [-0.15, -0.1) is 0 Å². The molecule has 0 unspecified atom stereocenters. The number of fused-ring (bicyclic) bond motifs is 1. The predicted octanol–water partition coefficient (Wildman–Crippen LogP) is 5.97. The van der Waals surface area contributed by atoms with Gasteiger partial charge in [-0.1, -0.05) is 82.9 Å². The predicted molar refractivity (Wildman–Crippen MR) is 94.2 cm³/mol. The molecule has 1 aromatic rings. The molecule has 0 spiro atoms. The molecular weight excluding hydrogens is 254 g/mol. The number of nitrogens with zero attached hydrogens (tertiary/aromatic N) is 1. The number of rotatable bonds is 11. The summed E-state index contributed by atoms with van der Waals surface area (Å²) in [5.74, 6) is 0. The monoisotopic (exact) mass is 287 g/mol. The van der Waals surface area contributed by atoms with E-state index in [9.17, 15) is 0 Å². The molecule has 21 heavy (non-hydrogen) atoms. The van der Waals surface area contributed by atoms with E-state index < -0.39 is 0 Å². The molecule has 118 valence electrons. The van der Waals surface area contributed by atoms with Gasteiger partial charge in [0.1, 0.15) is 0 Å². The summed E-state index contributed by atoms with van der Waals surface area (Å²) in [7, 11) is 0. The molecule has 0 aliphatic carbocycles. The molecule has 0 atom stereocenters. The highest BCUT2D eigenvalue weighted by Crippen LogP contribution is 2.27. The summed E-state index contributed by atoms with van der Waals surface area (Å²) in [5, 5.41) is 0. The van der Waals surface area contributed by atoms with Crippen molar-refractivity contribution in [1.29, 1.82) is 0 Å². The minimum Gasteiger partial charge on any atom is -0.371 e. The van der Waals surface area contributed by atoms with E-state index in [2.05, 4.69) is 36.1 Å². The van der Waals surface area contributed by atoms with Crippen molar-refractivity contribution in [2.75, 3.05) is 18.0 Å². The molecule has 1 aliphatic heterocycles. The van der Waals surface area contributed by atoms with Crippen LogP contribution in [0.25, 0.3) is 0 Å². The van der Waals surface area contributed by atoms with Gasteiger partial charge in [0.15, 0.2) is 0 Å². The van der Waals surface area contributed by atoms with Crippen molar-refractivity contribution in [3.05, 3.63) is 29.8 Å². The fraction of sp³-hybridized carbons (Fsp3) is 0.700. The molecule has 0 amide bonds. The van der Waals surface area contributed by atoms with Crippen LogP contribution in [-0.4, -0.2) is 13.1 Å². The Bertz CT molecular complexity index is 385. The normalized spacial score (nSPS) is 13.7. The molecule has 0 aromatic heterocycles. The van der Waals surface area contributed by atoms with Crippen molar-refractivity contribution in [1.82, 2.24) is 0 Å². The van der Waals surface area contributed by atoms with Gasteiger partial charge in [-0.05, 0) is 24.5 Å². The summed E-state index contributed by atoms with van der Waals surface area (Å²) in [6, 6.07) is 8.92. The number of anilines is 1. The van der Waals surface area contributed by atoms with Gasteiger partial charge in [-0.25, -0.2) is 0 Å². The zero-order valence-electron chi connectivity index (χ0n) is 13.9. The van der Waals surface area contributed by atoms with Gasteiger partial charge in [-0.2, -0.15) is 0 Å². The lowest BCUT2D eigenvalue weighted by Crippen LogP contribution is -2.21. The number of hydrogen-bond donors (Lipinski definition) is 0. The number of unbranched alkanes of at least 4 members (excludes halogenated alkanes) is 9. The van der Waals surface area contributed by atoms with Crippen molar-refractivity contribution in [2.24, 2.45) is 0 Å². The van der Waals surface area contributed by atoms with Gasteiger partial charge < -0.3 is 4.90 Å². The summed E-state index contributed by atoms with van der Waals surface area (Å²) in [5.41, 5.74) is 3.04. The molecule has 0 fully saturated rings. The van der Waals surface area contributed by atoms with E-state index in [-0.39, 0.29) is 0 Å². The Hall–Kier alpha value is -0.980. The third kappa shape index (κ3) is 5.73. The Morgan fingerprint density at radius 3 is 2.14 bits per heavy atom. The highest BCUT2D eigenvalue weighted by atomic mass is 15.1. The van der Waals surface area contributed by atoms with Crippen LogP contribution in [0.1, 0.15) is 76.7 Å². The molecule has 0 bridgehead atoms. The fourth-order valence-corrected chi connectivity index (χ4v) is 3.43. The van der Waals surface area contributed by atoms with E-state index in [1.54, 1.807) is 5.56 Å². The quantitative estimate of drug-likeness (QED) is 0.453. The molecule has 2 rings (SSSR count). The van der Waals surface area contributed by atoms with Crippen LogP contribution in [0.5, 0.6) is 0 Å². The first-order valence-corrected chi connectivity index (χ1v) is 9.24. The molecule has 1 nitrogen and oxygen atoms in total. The summed E-state index contributed by atoms with van der Waals surface area (Å²) in [6.45, 7) is 4.78. The zero-order chi connectivity index (χ0) is 14.8. The van der Waals surface area contributed by atoms with E-state index in [4.69, 9.17) is 0 Å². The van der Waals surface area contributed by atoms with Crippen LogP contribution in [0.15, 0.2) is 24.3 Å². The fourth-order valence-electron chi connectivity index (χ4n) is 3.43. The van der Waals surface area contributed by atoms with Crippen LogP contribution in [0.2, 0.25) is 0 Å². The molecule has 1 aliphatic rings. The van der Waals surface area contributed by atoms with Crippen LogP contribution in [0.3, 0.4) is 0 Å². The van der Waals surface area contributed by atoms with Gasteiger partial charge in [0, 0.05) is 18.8 Å². The second-order valence-electron chi connectivity index (χ2n) is 6.55. The van der Waals surface area contributed by atoms with Crippen LogP contribution in [-0.2, 0) is 6.42 Å². The second kappa shape index (κ2) is 9.87. The van der Waals surface area contributed by atoms with Crippen molar-refractivity contribution >= 4 is 5.69 Å². The van der Waals surface area contributed by atoms with E-state index in [0.717, 1.165) is 0 Å². The molecule has 0 N–H and O–H groups in total. The van der Waals surface area contributed by atoms with E-state index in [1.165, 1.54) is 89.4 Å². The average molecular weight is 287 g/mol. The van der Waals surface area contributed by atoms with Gasteiger partial charge in [0.25, 0.3) is 0 Å². The highest BCUT2D eigenvalue weighted by molar-refractivity contribution is 5.57. The lowest BCUT2D eigenvalue weighted by Gasteiger charge is -2.19. The number of hydrogen-bond acceptors (Lipinski definition) is 1. The van der Waals surface area contributed by atoms with Gasteiger partial charge in [-0.3, -0.25) is 0 Å². The first-order valence-electron chi connectivity index (χ1n) is 9.24. The lowest BCUT2D eigenvalue weighted by atomic mass is 10.1. The third-order valence-electron chi connectivity index (χ3n) is 4.76. The first-order chi connectivity index (χ1) is 10.4. The molecule has 0 radical (unpaired) electrons. The highest BCUT2D eigenvalue weighted by Gasteiger charge is 2.16. The Morgan fingerprint density at radius 2 is 1.43 bits per heavy atom. The number of benzene rings is 1. The topological polar surface area (TPSA) is 3.24 Å². The summed E-state index contributed by atoms with van der Waals surface area (Å²) in [6.07, 6.45) is 15.5. The average Bonchev–Trinajstić information content (AvgIpc) is 2.92. The Labute approximate surface area is 131 Å². The van der Waals surface area contributed by atoms with Gasteiger partial charge in [0.05, 0.1) is 0 Å². The zero-order valence-corrected chi connectivity index (χ0v) is 13.9. The Morgan fingerprint density at radius 1 is 0.810 bits per heavy atom. The standard InChI is InChI=1S/C20H33N/c1-2-3-4-5-6-7-8-9-10-13-17-21-18-16-19-14-11-12-15-20(19)21/h11-12,14-15H,2-10,13,16-18H2,1H3. The van der Waals surface area contributed by atoms with E-state index in [1.807, 2.05) is 0 Å². The van der Waals surface area contributed by atoms with Gasteiger partial charge in [0.2, 0.25) is 0 Å². The summed E-state index contributed by atoms with van der Waals surface area (Å²) < 4.78 is 0. The molecule has 1 heteroatoms. The van der Waals surface area contributed by atoms with Crippen LogP contribution < -0.4 is 4.90 Å². The first kappa shape index (κ1) is 16.4. The molecule has 0 saturated carbocycles. The van der Waals surface area contributed by atoms with Crippen LogP contribution in [0.4, 0.5) is 5.69 Å². The van der Waals surface area contributed by atoms with Crippen LogP contribution in [0, 0.1) is 0 Å². The molecular formula is C20H33N. The maximum Gasteiger partial charge on any atom is 0.0399 e. The SMILES string of the molecule is CCCCCCCCCCCCN1CCc2ccccc21. The van der Waals surface area contributed by atoms with E-state index in [0.29, 0.717) is 0 Å². The minimum atomic E-state index is 1.23. The van der Waals surface area contributed by atoms with Crippen molar-refractivity contribution in [3.8, 4) is 0 Å².